The maximum Gasteiger partial charge on any atom is 0.223 e. The zero-order chi connectivity index (χ0) is 18.7. The van der Waals surface area contributed by atoms with Crippen LogP contribution in [0.3, 0.4) is 0 Å². The van der Waals surface area contributed by atoms with E-state index in [1.54, 1.807) is 0 Å². The molecule has 1 aromatic carbocycles. The van der Waals surface area contributed by atoms with Crippen molar-refractivity contribution in [3.05, 3.63) is 47.5 Å². The second kappa shape index (κ2) is 7.52. The monoisotopic (exact) mass is 355 g/mol. The maximum atomic E-state index is 12.4. The Balaban J connectivity index is 1.42. The Morgan fingerprint density at radius 1 is 1.23 bits per heavy atom. The number of ether oxygens (including phenoxy) is 1. The lowest BCUT2D eigenvalue weighted by Crippen LogP contribution is -2.36. The standard InChI is InChI=1S/C21H29N3O2/c1-21(2,3)16-7-9-17(10-8-16)26-13-5-6-20(25)24-12-11-18-19(14-24)23(4)15-22-18/h7-10,15H,5-6,11-14H2,1-4H3. The van der Waals surface area contributed by atoms with Crippen molar-refractivity contribution in [1.82, 2.24) is 14.5 Å². The number of nitrogens with zero attached hydrogens (tertiary/aromatic N) is 3. The molecule has 1 aromatic heterocycles. The van der Waals surface area contributed by atoms with Crippen LogP contribution in [0.5, 0.6) is 5.75 Å². The van der Waals surface area contributed by atoms with E-state index in [0.29, 0.717) is 19.6 Å². The first kappa shape index (κ1) is 18.5. The Morgan fingerprint density at radius 3 is 2.65 bits per heavy atom. The number of amides is 1. The minimum absolute atomic E-state index is 0.146. The van der Waals surface area contributed by atoms with Crippen LogP contribution in [0.2, 0.25) is 0 Å². The van der Waals surface area contributed by atoms with Gasteiger partial charge in [0.25, 0.3) is 0 Å². The van der Waals surface area contributed by atoms with E-state index in [9.17, 15) is 4.79 Å². The molecule has 1 amide bonds. The number of aromatic nitrogens is 2. The summed E-state index contributed by atoms with van der Waals surface area (Å²) in [5.74, 6) is 1.06. The molecule has 0 fully saturated rings. The number of imidazole rings is 1. The summed E-state index contributed by atoms with van der Waals surface area (Å²) in [5.41, 5.74) is 3.71. The third-order valence-corrected chi connectivity index (χ3v) is 4.98. The Kier molecular flexibility index (Phi) is 5.35. The van der Waals surface area contributed by atoms with Gasteiger partial charge in [0.15, 0.2) is 0 Å². The van der Waals surface area contributed by atoms with Crippen LogP contribution in [-0.2, 0) is 30.2 Å². The number of fused-ring (bicyclic) bond motifs is 1. The lowest BCUT2D eigenvalue weighted by atomic mass is 9.87. The van der Waals surface area contributed by atoms with Gasteiger partial charge in [-0.15, -0.1) is 0 Å². The molecule has 0 radical (unpaired) electrons. The maximum absolute atomic E-state index is 12.4. The molecule has 0 unspecified atom stereocenters. The predicted octanol–water partition coefficient (Wildman–Crippen LogP) is 3.46. The van der Waals surface area contributed by atoms with E-state index in [1.165, 1.54) is 5.56 Å². The van der Waals surface area contributed by atoms with E-state index < -0.39 is 0 Å². The summed E-state index contributed by atoms with van der Waals surface area (Å²) < 4.78 is 7.80. The van der Waals surface area contributed by atoms with Crippen LogP contribution in [0.1, 0.15) is 50.6 Å². The van der Waals surface area contributed by atoms with Crippen molar-refractivity contribution in [2.75, 3.05) is 13.2 Å². The van der Waals surface area contributed by atoms with E-state index in [2.05, 4.69) is 37.9 Å². The van der Waals surface area contributed by atoms with Gasteiger partial charge in [-0.3, -0.25) is 4.79 Å². The molecule has 0 bridgehead atoms. The number of carbonyl (C=O) groups is 1. The fourth-order valence-corrected chi connectivity index (χ4v) is 3.25. The molecule has 0 aliphatic carbocycles. The van der Waals surface area contributed by atoms with Gasteiger partial charge in [0, 0.05) is 26.4 Å². The molecule has 0 saturated carbocycles. The van der Waals surface area contributed by atoms with Crippen LogP contribution in [0.25, 0.3) is 0 Å². The Bertz CT molecular complexity index is 757. The fourth-order valence-electron chi connectivity index (χ4n) is 3.25. The molecular formula is C21H29N3O2. The van der Waals surface area contributed by atoms with Crippen LogP contribution in [0, 0.1) is 0 Å². The molecule has 1 aliphatic heterocycles. The van der Waals surface area contributed by atoms with Crippen molar-refractivity contribution >= 4 is 5.91 Å². The number of carbonyl (C=O) groups excluding carboxylic acids is 1. The van der Waals surface area contributed by atoms with E-state index in [0.717, 1.165) is 36.5 Å². The highest BCUT2D eigenvalue weighted by Crippen LogP contribution is 2.24. The van der Waals surface area contributed by atoms with Crippen LogP contribution in [0.4, 0.5) is 0 Å². The predicted molar refractivity (Wildman–Crippen MR) is 102 cm³/mol. The van der Waals surface area contributed by atoms with Crippen molar-refractivity contribution in [3.63, 3.8) is 0 Å². The molecule has 140 valence electrons. The van der Waals surface area contributed by atoms with Crippen LogP contribution >= 0.6 is 0 Å². The Labute approximate surface area is 156 Å². The van der Waals surface area contributed by atoms with E-state index in [4.69, 9.17) is 4.74 Å². The van der Waals surface area contributed by atoms with Crippen molar-refractivity contribution in [2.45, 2.75) is 52.0 Å². The molecule has 0 saturated heterocycles. The van der Waals surface area contributed by atoms with Gasteiger partial charge in [0.05, 0.1) is 30.9 Å². The van der Waals surface area contributed by atoms with Gasteiger partial charge in [0.1, 0.15) is 5.75 Å². The highest BCUT2D eigenvalue weighted by molar-refractivity contribution is 5.76. The summed E-state index contributed by atoms with van der Waals surface area (Å²) in [6.45, 7) is 8.58. The SMILES string of the molecule is Cn1cnc2c1CN(C(=O)CCCOc1ccc(C(C)(C)C)cc1)CC2. The van der Waals surface area contributed by atoms with Crippen molar-refractivity contribution < 1.29 is 9.53 Å². The number of benzene rings is 1. The average Bonchev–Trinajstić information content (AvgIpc) is 2.99. The average molecular weight is 355 g/mol. The Morgan fingerprint density at radius 2 is 1.96 bits per heavy atom. The molecule has 26 heavy (non-hydrogen) atoms. The van der Waals surface area contributed by atoms with Gasteiger partial charge in [-0.25, -0.2) is 4.98 Å². The van der Waals surface area contributed by atoms with Crippen LogP contribution in [0.15, 0.2) is 30.6 Å². The fraction of sp³-hybridized carbons (Fsp3) is 0.524. The quantitative estimate of drug-likeness (QED) is 0.772. The topological polar surface area (TPSA) is 47.4 Å². The number of hydrogen-bond donors (Lipinski definition) is 0. The first-order valence-corrected chi connectivity index (χ1v) is 9.35. The van der Waals surface area contributed by atoms with Gasteiger partial charge >= 0.3 is 0 Å². The molecule has 1 aliphatic rings. The summed E-state index contributed by atoms with van der Waals surface area (Å²) in [6, 6.07) is 8.24. The number of hydrogen-bond acceptors (Lipinski definition) is 3. The highest BCUT2D eigenvalue weighted by atomic mass is 16.5. The normalized spacial score (nSPS) is 14.2. The van der Waals surface area contributed by atoms with Gasteiger partial charge in [-0.2, -0.15) is 0 Å². The van der Waals surface area contributed by atoms with Crippen molar-refractivity contribution in [1.29, 1.82) is 0 Å². The first-order chi connectivity index (χ1) is 12.3. The van der Waals surface area contributed by atoms with Gasteiger partial charge in [-0.1, -0.05) is 32.9 Å². The Hall–Kier alpha value is -2.30. The number of rotatable bonds is 5. The molecule has 0 N–H and O–H groups in total. The molecule has 5 heteroatoms. The summed E-state index contributed by atoms with van der Waals surface area (Å²) in [4.78, 5) is 18.8. The minimum Gasteiger partial charge on any atom is -0.494 e. The van der Waals surface area contributed by atoms with E-state index >= 15 is 0 Å². The van der Waals surface area contributed by atoms with E-state index in [1.807, 2.05) is 35.0 Å². The third kappa shape index (κ3) is 4.26. The van der Waals surface area contributed by atoms with Crippen LogP contribution < -0.4 is 4.74 Å². The molecule has 0 spiro atoms. The van der Waals surface area contributed by atoms with Crippen LogP contribution in [-0.4, -0.2) is 33.5 Å². The summed E-state index contributed by atoms with van der Waals surface area (Å²) in [5, 5.41) is 0. The number of aryl methyl sites for hydroxylation is 1. The summed E-state index contributed by atoms with van der Waals surface area (Å²) in [7, 11) is 1.98. The van der Waals surface area contributed by atoms with E-state index in [-0.39, 0.29) is 11.3 Å². The minimum atomic E-state index is 0.146. The molecule has 0 atom stereocenters. The third-order valence-electron chi connectivity index (χ3n) is 4.98. The molecule has 2 aromatic rings. The second-order valence-electron chi connectivity index (χ2n) is 8.04. The first-order valence-electron chi connectivity index (χ1n) is 9.35. The lowest BCUT2D eigenvalue weighted by molar-refractivity contribution is -0.132. The smallest absolute Gasteiger partial charge is 0.223 e. The second-order valence-corrected chi connectivity index (χ2v) is 8.04. The van der Waals surface area contributed by atoms with Gasteiger partial charge in [0.2, 0.25) is 5.91 Å². The summed E-state index contributed by atoms with van der Waals surface area (Å²) >= 11 is 0. The molecule has 2 heterocycles. The molecular weight excluding hydrogens is 326 g/mol. The highest BCUT2D eigenvalue weighted by Gasteiger charge is 2.23. The zero-order valence-corrected chi connectivity index (χ0v) is 16.3. The lowest BCUT2D eigenvalue weighted by Gasteiger charge is -2.27. The van der Waals surface area contributed by atoms with Crippen molar-refractivity contribution in [3.8, 4) is 5.75 Å². The largest absolute Gasteiger partial charge is 0.494 e. The van der Waals surface area contributed by atoms with Gasteiger partial charge < -0.3 is 14.2 Å². The summed E-state index contributed by atoms with van der Waals surface area (Å²) in [6.07, 6.45) is 3.93. The molecule has 3 rings (SSSR count). The zero-order valence-electron chi connectivity index (χ0n) is 16.3. The van der Waals surface area contributed by atoms with Crippen molar-refractivity contribution in [2.24, 2.45) is 7.05 Å². The molecule has 5 nitrogen and oxygen atoms in total. The van der Waals surface area contributed by atoms with Gasteiger partial charge in [-0.05, 0) is 29.5 Å².